The van der Waals surface area contributed by atoms with Gasteiger partial charge in [-0.1, -0.05) is 66.7 Å². The van der Waals surface area contributed by atoms with Crippen LogP contribution in [-0.2, 0) is 29.7 Å². The first-order chi connectivity index (χ1) is 19.3. The maximum absolute atomic E-state index is 13.5. The fraction of sp³-hybridized carbons (Fsp3) is 0.344. The summed E-state index contributed by atoms with van der Waals surface area (Å²) >= 11 is 0. The number of allylic oxidation sites excluding steroid dienone is 2. The Hall–Kier alpha value is -3.33. The third-order valence-corrected chi connectivity index (χ3v) is 9.66. The van der Waals surface area contributed by atoms with E-state index in [1.807, 2.05) is 24.3 Å². The van der Waals surface area contributed by atoms with E-state index in [0.717, 1.165) is 35.2 Å². The average Bonchev–Trinajstić information content (AvgIpc) is 3.54. The molecule has 1 N–H and O–H groups in total. The SMILES string of the molecule is COC(=O)CCC/C=C\C[C@H]1[C@H](NS(=O)(=O)c2ccc(F)cc2)[C@@H]2C[C@@]1(c1ccc(-c3ccccc3)cc1)CO2. The topological polar surface area (TPSA) is 81.7 Å². The first kappa shape index (κ1) is 28.2. The standard InChI is InChI=1S/C32H34FNO5S/c1-38-30(35)12-8-3-2-7-11-28-31(34-40(36,37)27-19-17-26(33)18-20-27)29-21-32(28,22-39-29)25-15-13-24(14-16-25)23-9-5-4-6-10-23/h2,4-7,9-10,13-20,28-29,31,34H,3,8,11-12,21-22H2,1H3/b7-2-/t28-,29-,31-,32-/m0/s1. The molecule has 1 saturated heterocycles. The highest BCUT2D eigenvalue weighted by Gasteiger charge is 2.60. The number of methoxy groups -OCH3 is 1. The minimum atomic E-state index is -3.89. The first-order valence-corrected chi connectivity index (χ1v) is 15.1. The van der Waals surface area contributed by atoms with Crippen LogP contribution in [0, 0.1) is 11.7 Å². The van der Waals surface area contributed by atoms with Crippen LogP contribution in [-0.4, -0.2) is 40.2 Å². The number of carbonyl (C=O) groups excluding carboxylic acids is 1. The molecule has 5 rings (SSSR count). The van der Waals surface area contributed by atoms with E-state index in [9.17, 15) is 17.6 Å². The van der Waals surface area contributed by atoms with E-state index in [2.05, 4.69) is 47.2 Å². The van der Waals surface area contributed by atoms with Crippen LogP contribution in [0.5, 0.6) is 0 Å². The van der Waals surface area contributed by atoms with E-state index in [1.54, 1.807) is 0 Å². The third-order valence-electron chi connectivity index (χ3n) is 8.18. The zero-order chi connectivity index (χ0) is 28.2. The van der Waals surface area contributed by atoms with Crippen LogP contribution in [0.4, 0.5) is 4.39 Å². The Morgan fingerprint density at radius 3 is 2.42 bits per heavy atom. The van der Waals surface area contributed by atoms with Gasteiger partial charge in [0.05, 0.1) is 30.8 Å². The molecule has 0 spiro atoms. The number of nitrogens with one attached hydrogen (secondary N) is 1. The number of halogens is 1. The molecule has 40 heavy (non-hydrogen) atoms. The molecule has 3 aromatic carbocycles. The highest BCUT2D eigenvalue weighted by atomic mass is 32.2. The Labute approximate surface area is 235 Å². The molecule has 1 heterocycles. The van der Waals surface area contributed by atoms with Crippen LogP contribution in [0.15, 0.2) is 95.9 Å². The van der Waals surface area contributed by atoms with Crippen LogP contribution in [0.3, 0.4) is 0 Å². The molecule has 0 aromatic heterocycles. The van der Waals surface area contributed by atoms with Crippen molar-refractivity contribution in [1.29, 1.82) is 0 Å². The molecule has 4 atom stereocenters. The van der Waals surface area contributed by atoms with Gasteiger partial charge in [0.25, 0.3) is 0 Å². The van der Waals surface area contributed by atoms with Gasteiger partial charge in [-0.3, -0.25) is 4.79 Å². The van der Waals surface area contributed by atoms with Crippen molar-refractivity contribution in [1.82, 2.24) is 4.72 Å². The molecular weight excluding hydrogens is 529 g/mol. The lowest BCUT2D eigenvalue weighted by Gasteiger charge is -2.39. The number of fused-ring (bicyclic) bond motifs is 2. The lowest BCUT2D eigenvalue weighted by Crippen LogP contribution is -2.51. The van der Waals surface area contributed by atoms with Crippen molar-refractivity contribution < 1.29 is 27.1 Å². The van der Waals surface area contributed by atoms with Gasteiger partial charge in [-0.2, -0.15) is 0 Å². The number of hydrogen-bond donors (Lipinski definition) is 1. The number of unbranched alkanes of at least 4 members (excludes halogenated alkanes) is 1. The zero-order valence-electron chi connectivity index (χ0n) is 22.5. The monoisotopic (exact) mass is 563 g/mol. The van der Waals surface area contributed by atoms with Crippen molar-refractivity contribution in [2.45, 2.75) is 54.6 Å². The summed E-state index contributed by atoms with van der Waals surface area (Å²) in [5.74, 6) is -0.775. The molecule has 0 radical (unpaired) electrons. The number of sulfonamides is 1. The van der Waals surface area contributed by atoms with Gasteiger partial charge >= 0.3 is 5.97 Å². The molecular formula is C32H34FNO5S. The quantitative estimate of drug-likeness (QED) is 0.182. The number of esters is 1. The highest BCUT2D eigenvalue weighted by Crippen LogP contribution is 2.54. The summed E-state index contributed by atoms with van der Waals surface area (Å²) in [6.45, 7) is 0.512. The van der Waals surface area contributed by atoms with Gasteiger partial charge < -0.3 is 9.47 Å². The van der Waals surface area contributed by atoms with E-state index in [0.29, 0.717) is 32.3 Å². The molecule has 1 aliphatic carbocycles. The van der Waals surface area contributed by atoms with Crippen molar-refractivity contribution >= 4 is 16.0 Å². The van der Waals surface area contributed by atoms with Crippen molar-refractivity contribution in [2.24, 2.45) is 5.92 Å². The van der Waals surface area contributed by atoms with Crippen molar-refractivity contribution in [3.63, 3.8) is 0 Å². The summed E-state index contributed by atoms with van der Waals surface area (Å²) in [5.41, 5.74) is 3.02. The maximum atomic E-state index is 13.5. The summed E-state index contributed by atoms with van der Waals surface area (Å²) in [5, 5.41) is 0. The van der Waals surface area contributed by atoms with E-state index in [4.69, 9.17) is 9.47 Å². The largest absolute Gasteiger partial charge is 0.469 e. The lowest BCUT2D eigenvalue weighted by atomic mass is 9.70. The van der Waals surface area contributed by atoms with E-state index < -0.39 is 21.9 Å². The Morgan fingerprint density at radius 1 is 1.02 bits per heavy atom. The second kappa shape index (κ2) is 12.0. The van der Waals surface area contributed by atoms with Crippen molar-refractivity contribution in [2.75, 3.05) is 13.7 Å². The molecule has 6 nitrogen and oxygen atoms in total. The maximum Gasteiger partial charge on any atom is 0.305 e. The second-order valence-electron chi connectivity index (χ2n) is 10.5. The fourth-order valence-corrected chi connectivity index (χ4v) is 7.39. The molecule has 2 fully saturated rings. The number of hydrogen-bond acceptors (Lipinski definition) is 5. The van der Waals surface area contributed by atoms with E-state index in [1.165, 1.54) is 19.2 Å². The predicted molar refractivity (Wildman–Crippen MR) is 152 cm³/mol. The van der Waals surface area contributed by atoms with Crippen LogP contribution < -0.4 is 4.72 Å². The minimum absolute atomic E-state index is 0.0232. The molecule has 0 amide bonds. The third kappa shape index (κ3) is 5.89. The average molecular weight is 564 g/mol. The Kier molecular flexibility index (Phi) is 8.49. The molecule has 1 aliphatic heterocycles. The van der Waals surface area contributed by atoms with Gasteiger partial charge in [0, 0.05) is 11.8 Å². The van der Waals surface area contributed by atoms with Crippen LogP contribution in [0.2, 0.25) is 0 Å². The van der Waals surface area contributed by atoms with Gasteiger partial charge in [0.15, 0.2) is 0 Å². The summed E-state index contributed by atoms with van der Waals surface area (Å²) in [4.78, 5) is 11.4. The van der Waals surface area contributed by atoms with Gasteiger partial charge in [-0.25, -0.2) is 17.5 Å². The summed E-state index contributed by atoms with van der Waals surface area (Å²) in [7, 11) is -2.51. The van der Waals surface area contributed by atoms with Gasteiger partial charge in [0.2, 0.25) is 10.0 Å². The minimum Gasteiger partial charge on any atom is -0.469 e. The predicted octanol–water partition coefficient (Wildman–Crippen LogP) is 5.79. The molecule has 8 heteroatoms. The summed E-state index contributed by atoms with van der Waals surface area (Å²) < 4.78 is 53.9. The molecule has 210 valence electrons. The Balaban J connectivity index is 1.40. The summed E-state index contributed by atoms with van der Waals surface area (Å²) in [6.07, 6.45) is 6.98. The first-order valence-electron chi connectivity index (χ1n) is 13.6. The fourth-order valence-electron chi connectivity index (χ4n) is 6.08. The van der Waals surface area contributed by atoms with Crippen LogP contribution in [0.25, 0.3) is 11.1 Å². The smallest absolute Gasteiger partial charge is 0.305 e. The van der Waals surface area contributed by atoms with Crippen molar-refractivity contribution in [3.8, 4) is 11.1 Å². The Bertz CT molecular complexity index is 1440. The van der Waals surface area contributed by atoms with Gasteiger partial charge in [-0.05, 0) is 72.6 Å². The molecule has 3 aromatic rings. The highest BCUT2D eigenvalue weighted by molar-refractivity contribution is 7.89. The van der Waals surface area contributed by atoms with Crippen molar-refractivity contribution in [3.05, 3.63) is 102 Å². The number of ether oxygens (including phenoxy) is 2. The van der Waals surface area contributed by atoms with Gasteiger partial charge in [-0.15, -0.1) is 0 Å². The molecule has 2 bridgehead atoms. The van der Waals surface area contributed by atoms with Gasteiger partial charge in [0.1, 0.15) is 5.82 Å². The zero-order valence-corrected chi connectivity index (χ0v) is 23.3. The lowest BCUT2D eigenvalue weighted by molar-refractivity contribution is -0.140. The summed E-state index contributed by atoms with van der Waals surface area (Å²) in [6, 6.07) is 23.1. The molecule has 2 aliphatic rings. The molecule has 0 unspecified atom stereocenters. The molecule has 1 saturated carbocycles. The van der Waals surface area contributed by atoms with Crippen LogP contribution in [0.1, 0.15) is 37.7 Å². The van der Waals surface area contributed by atoms with E-state index in [-0.39, 0.29) is 28.3 Å². The van der Waals surface area contributed by atoms with E-state index >= 15 is 0 Å². The van der Waals surface area contributed by atoms with Crippen LogP contribution >= 0.6 is 0 Å². The normalized spacial score (nSPS) is 24.0. The second-order valence-corrected chi connectivity index (χ2v) is 12.3. The number of rotatable bonds is 11. The number of carbonyl (C=O) groups is 1. The Morgan fingerprint density at radius 2 is 1.73 bits per heavy atom. The number of benzene rings is 3.